The van der Waals surface area contributed by atoms with Crippen molar-refractivity contribution in [3.63, 3.8) is 0 Å². The lowest BCUT2D eigenvalue weighted by Crippen LogP contribution is -2.44. The summed E-state index contributed by atoms with van der Waals surface area (Å²) in [5, 5.41) is 2.40. The summed E-state index contributed by atoms with van der Waals surface area (Å²) < 4.78 is 11.9. The second kappa shape index (κ2) is 8.70. The lowest BCUT2D eigenvalue weighted by atomic mass is 10.0. The molecule has 1 saturated heterocycles. The van der Waals surface area contributed by atoms with E-state index in [9.17, 15) is 4.79 Å². The number of hydrogen-bond acceptors (Lipinski definition) is 4. The minimum atomic E-state index is -0.113. The number of hydrogen-bond donors (Lipinski definition) is 0. The van der Waals surface area contributed by atoms with Gasteiger partial charge in [0.25, 0.3) is 5.91 Å². The van der Waals surface area contributed by atoms with Gasteiger partial charge in [0.05, 0.1) is 18.7 Å². The van der Waals surface area contributed by atoms with Gasteiger partial charge in [-0.25, -0.2) is 0 Å². The molecular formula is C23H23ClN2O3. The number of halogens is 1. The van der Waals surface area contributed by atoms with Crippen molar-refractivity contribution in [1.82, 2.24) is 9.88 Å². The van der Waals surface area contributed by atoms with Gasteiger partial charge in [-0.2, -0.15) is 0 Å². The van der Waals surface area contributed by atoms with Gasteiger partial charge in [-0.05, 0) is 36.6 Å². The van der Waals surface area contributed by atoms with Crippen molar-refractivity contribution in [3.05, 3.63) is 65.4 Å². The molecule has 1 aliphatic heterocycles. The number of benzene rings is 2. The Bertz CT molecular complexity index is 1020. The number of piperidine rings is 1. The molecule has 29 heavy (non-hydrogen) atoms. The molecule has 1 unspecified atom stereocenters. The topological polar surface area (TPSA) is 51.7 Å². The van der Waals surface area contributed by atoms with Crippen molar-refractivity contribution < 1.29 is 14.3 Å². The number of nitrogens with zero attached hydrogens (tertiary/aromatic N) is 2. The van der Waals surface area contributed by atoms with Crippen LogP contribution in [-0.4, -0.2) is 41.6 Å². The first kappa shape index (κ1) is 19.5. The summed E-state index contributed by atoms with van der Waals surface area (Å²) >= 11 is 6.17. The van der Waals surface area contributed by atoms with Crippen LogP contribution in [0.1, 0.15) is 30.1 Å². The summed E-state index contributed by atoms with van der Waals surface area (Å²) in [6.45, 7) is 3.63. The third-order valence-corrected chi connectivity index (χ3v) is 5.38. The number of ether oxygens (including phenoxy) is 2. The average Bonchev–Trinajstić information content (AvgIpc) is 2.75. The monoisotopic (exact) mass is 410 g/mol. The third kappa shape index (κ3) is 4.15. The third-order valence-electron chi connectivity index (χ3n) is 5.10. The Morgan fingerprint density at radius 3 is 2.90 bits per heavy atom. The summed E-state index contributed by atoms with van der Waals surface area (Å²) in [7, 11) is 0. The number of carbonyl (C=O) groups excluding carboxylic acids is 1. The smallest absolute Gasteiger partial charge is 0.258 e. The van der Waals surface area contributed by atoms with Crippen LogP contribution >= 0.6 is 11.6 Å². The summed E-state index contributed by atoms with van der Waals surface area (Å²) in [5.41, 5.74) is 0.618. The van der Waals surface area contributed by atoms with E-state index in [1.54, 1.807) is 18.5 Å². The standard InChI is InChI=1S/C23H23ClN2O3/c1-2-28-21-10-9-16-6-3-4-8-18(16)22(21)23(27)26-13-5-7-17(15-26)29-20-11-12-25-14-19(20)24/h3-4,6,8-12,14,17H,2,5,7,13,15H2,1H3. The van der Waals surface area contributed by atoms with Gasteiger partial charge in [-0.3, -0.25) is 9.78 Å². The zero-order valence-electron chi connectivity index (χ0n) is 16.3. The fourth-order valence-electron chi connectivity index (χ4n) is 3.76. The number of aromatic nitrogens is 1. The summed E-state index contributed by atoms with van der Waals surface area (Å²) in [4.78, 5) is 19.4. The molecule has 6 heteroatoms. The quantitative estimate of drug-likeness (QED) is 0.595. The first-order chi connectivity index (χ1) is 14.2. The van der Waals surface area contributed by atoms with Crippen molar-refractivity contribution >= 4 is 28.3 Å². The van der Waals surface area contributed by atoms with Gasteiger partial charge in [0, 0.05) is 25.0 Å². The van der Waals surface area contributed by atoms with E-state index < -0.39 is 0 Å². The molecule has 150 valence electrons. The van der Waals surface area contributed by atoms with E-state index in [4.69, 9.17) is 21.1 Å². The van der Waals surface area contributed by atoms with Gasteiger partial charge >= 0.3 is 0 Å². The second-order valence-electron chi connectivity index (χ2n) is 7.03. The van der Waals surface area contributed by atoms with Crippen LogP contribution in [0, 0.1) is 0 Å². The molecule has 0 N–H and O–H groups in total. The van der Waals surface area contributed by atoms with E-state index >= 15 is 0 Å². The Hall–Kier alpha value is -2.79. The molecule has 1 amide bonds. The van der Waals surface area contributed by atoms with Gasteiger partial charge < -0.3 is 14.4 Å². The van der Waals surface area contributed by atoms with Crippen LogP contribution in [0.2, 0.25) is 5.02 Å². The Morgan fingerprint density at radius 1 is 1.21 bits per heavy atom. The zero-order chi connectivity index (χ0) is 20.2. The maximum atomic E-state index is 13.5. The number of fused-ring (bicyclic) bond motifs is 1. The van der Waals surface area contributed by atoms with Crippen molar-refractivity contribution in [3.8, 4) is 11.5 Å². The lowest BCUT2D eigenvalue weighted by molar-refractivity contribution is 0.0536. The maximum Gasteiger partial charge on any atom is 0.258 e. The predicted octanol–water partition coefficient (Wildman–Crippen LogP) is 4.97. The van der Waals surface area contributed by atoms with Crippen molar-refractivity contribution in [2.24, 2.45) is 0 Å². The Labute approximate surface area is 175 Å². The number of rotatable bonds is 5. The minimum Gasteiger partial charge on any atom is -0.493 e. The highest BCUT2D eigenvalue weighted by atomic mass is 35.5. The van der Waals surface area contributed by atoms with Gasteiger partial charge in [0.15, 0.2) is 0 Å². The van der Waals surface area contributed by atoms with Gasteiger partial charge in [0.1, 0.15) is 22.6 Å². The normalized spacial score (nSPS) is 16.6. The van der Waals surface area contributed by atoms with Crippen LogP contribution in [-0.2, 0) is 0 Å². The molecule has 1 aliphatic rings. The van der Waals surface area contributed by atoms with Crippen LogP contribution in [0.15, 0.2) is 54.9 Å². The molecule has 0 saturated carbocycles. The Morgan fingerprint density at radius 2 is 2.07 bits per heavy atom. The fraction of sp³-hybridized carbons (Fsp3) is 0.304. The maximum absolute atomic E-state index is 13.5. The molecule has 1 fully saturated rings. The van der Waals surface area contributed by atoms with E-state index in [0.717, 1.165) is 23.6 Å². The van der Waals surface area contributed by atoms with E-state index in [0.29, 0.717) is 41.8 Å². The number of likely N-dealkylation sites (tertiary alicyclic amines) is 1. The molecule has 5 nitrogen and oxygen atoms in total. The molecule has 0 radical (unpaired) electrons. The SMILES string of the molecule is CCOc1ccc2ccccc2c1C(=O)N1CCCC(Oc2ccncc2Cl)C1. The molecule has 0 bridgehead atoms. The zero-order valence-corrected chi connectivity index (χ0v) is 17.1. The number of carbonyl (C=O) groups is 1. The Kier molecular flexibility index (Phi) is 5.86. The van der Waals surface area contributed by atoms with Crippen LogP contribution in [0.4, 0.5) is 0 Å². The summed E-state index contributed by atoms with van der Waals surface area (Å²) in [6.07, 6.45) is 4.84. The predicted molar refractivity (Wildman–Crippen MR) is 114 cm³/mol. The summed E-state index contributed by atoms with van der Waals surface area (Å²) in [6, 6.07) is 13.5. The molecular weight excluding hydrogens is 388 g/mol. The van der Waals surface area contributed by atoms with Crippen LogP contribution in [0.3, 0.4) is 0 Å². The van der Waals surface area contributed by atoms with Gasteiger partial charge in [-0.1, -0.05) is 41.9 Å². The molecule has 4 rings (SSSR count). The lowest BCUT2D eigenvalue weighted by Gasteiger charge is -2.33. The molecule has 3 aromatic rings. The van der Waals surface area contributed by atoms with Crippen LogP contribution in [0.25, 0.3) is 10.8 Å². The highest BCUT2D eigenvalue weighted by molar-refractivity contribution is 6.31. The average molecular weight is 411 g/mol. The van der Waals surface area contributed by atoms with E-state index in [-0.39, 0.29) is 12.0 Å². The van der Waals surface area contributed by atoms with Crippen molar-refractivity contribution in [2.45, 2.75) is 25.9 Å². The van der Waals surface area contributed by atoms with Gasteiger partial charge in [-0.15, -0.1) is 0 Å². The molecule has 1 aromatic heterocycles. The van der Waals surface area contributed by atoms with E-state index in [1.807, 2.05) is 48.2 Å². The van der Waals surface area contributed by atoms with E-state index in [2.05, 4.69) is 4.98 Å². The molecule has 2 aromatic carbocycles. The van der Waals surface area contributed by atoms with E-state index in [1.165, 1.54) is 0 Å². The molecule has 1 atom stereocenters. The second-order valence-corrected chi connectivity index (χ2v) is 7.44. The van der Waals surface area contributed by atoms with Crippen LogP contribution < -0.4 is 9.47 Å². The minimum absolute atomic E-state index is 0.0284. The first-order valence-corrected chi connectivity index (χ1v) is 10.2. The first-order valence-electron chi connectivity index (χ1n) is 9.87. The van der Waals surface area contributed by atoms with Gasteiger partial charge in [0.2, 0.25) is 0 Å². The number of amides is 1. The fourth-order valence-corrected chi connectivity index (χ4v) is 3.93. The highest BCUT2D eigenvalue weighted by Crippen LogP contribution is 2.31. The molecule has 2 heterocycles. The highest BCUT2D eigenvalue weighted by Gasteiger charge is 2.29. The summed E-state index contributed by atoms with van der Waals surface area (Å²) in [5.74, 6) is 1.19. The van der Waals surface area contributed by atoms with Crippen molar-refractivity contribution in [1.29, 1.82) is 0 Å². The van der Waals surface area contributed by atoms with Crippen molar-refractivity contribution in [2.75, 3.05) is 19.7 Å². The molecule has 0 spiro atoms. The molecule has 0 aliphatic carbocycles. The number of pyridine rings is 1. The largest absolute Gasteiger partial charge is 0.493 e. The van der Waals surface area contributed by atoms with Crippen LogP contribution in [0.5, 0.6) is 11.5 Å². The Balaban J connectivity index is 1.61.